The van der Waals surface area contributed by atoms with Gasteiger partial charge in [0, 0.05) is 10.9 Å². The third-order valence-corrected chi connectivity index (χ3v) is 3.70. The normalized spacial score (nSPS) is 12.8. The molecule has 0 radical (unpaired) electrons. The fourth-order valence-corrected chi connectivity index (χ4v) is 2.29. The fraction of sp³-hybridized carbons (Fsp3) is 0.500. The van der Waals surface area contributed by atoms with E-state index in [1.165, 1.54) is 6.07 Å². The molecule has 2 nitrogen and oxygen atoms in total. The lowest BCUT2D eigenvalue weighted by molar-refractivity contribution is -0.129. The van der Waals surface area contributed by atoms with Crippen molar-refractivity contribution in [2.24, 2.45) is 5.92 Å². The van der Waals surface area contributed by atoms with Crippen LogP contribution in [0.5, 0.6) is 0 Å². The number of carbonyl (C=O) groups is 1. The van der Waals surface area contributed by atoms with E-state index in [9.17, 15) is 14.3 Å². The van der Waals surface area contributed by atoms with Crippen LogP contribution in [0.4, 0.5) is 4.39 Å². The first kappa shape index (κ1) is 15.3. The lowest BCUT2D eigenvalue weighted by Crippen LogP contribution is -2.30. The van der Waals surface area contributed by atoms with E-state index in [0.29, 0.717) is 10.0 Å². The molecule has 1 atom stereocenters. The van der Waals surface area contributed by atoms with Crippen molar-refractivity contribution in [3.05, 3.63) is 34.1 Å². The van der Waals surface area contributed by atoms with Crippen LogP contribution >= 0.6 is 15.9 Å². The highest BCUT2D eigenvalue weighted by Crippen LogP contribution is 2.19. The topological polar surface area (TPSA) is 37.3 Å². The molecule has 0 saturated carbocycles. The lowest BCUT2D eigenvalue weighted by Gasteiger charge is -2.18. The number of carbonyl (C=O) groups excluding carboxylic acids is 1. The van der Waals surface area contributed by atoms with Crippen LogP contribution in [-0.4, -0.2) is 17.0 Å². The Labute approximate surface area is 115 Å². The van der Waals surface area contributed by atoms with E-state index in [1.807, 2.05) is 13.8 Å². The average molecular weight is 317 g/mol. The second kappa shape index (κ2) is 7.00. The number of aliphatic hydroxyl groups excluding tert-OH is 1. The van der Waals surface area contributed by atoms with Gasteiger partial charge in [-0.2, -0.15) is 0 Å². The highest BCUT2D eigenvalue weighted by molar-refractivity contribution is 9.10. The zero-order valence-corrected chi connectivity index (χ0v) is 12.2. The van der Waals surface area contributed by atoms with Crippen molar-refractivity contribution in [3.8, 4) is 0 Å². The molecule has 18 heavy (non-hydrogen) atoms. The Bertz CT molecular complexity index is 416. The summed E-state index contributed by atoms with van der Waals surface area (Å²) in [6, 6.07) is 4.58. The number of halogens is 2. The molecule has 1 aromatic rings. The maximum atomic E-state index is 13.6. The second-order valence-corrected chi connectivity index (χ2v) is 5.32. The Balaban J connectivity index is 2.75. The fourth-order valence-electron chi connectivity index (χ4n) is 1.96. The SMILES string of the molecule is CCC(CC)C(O)C(=O)Cc1ccc(Br)cc1F. The van der Waals surface area contributed by atoms with Crippen LogP contribution in [0.1, 0.15) is 32.3 Å². The Morgan fingerprint density at radius 1 is 1.39 bits per heavy atom. The van der Waals surface area contributed by atoms with Gasteiger partial charge in [0.25, 0.3) is 0 Å². The minimum absolute atomic E-state index is 0.0454. The molecule has 0 aliphatic rings. The number of ketones is 1. The zero-order chi connectivity index (χ0) is 13.7. The number of hydrogen-bond donors (Lipinski definition) is 1. The predicted molar refractivity (Wildman–Crippen MR) is 72.9 cm³/mol. The smallest absolute Gasteiger partial charge is 0.166 e. The van der Waals surface area contributed by atoms with Crippen molar-refractivity contribution < 1.29 is 14.3 Å². The van der Waals surface area contributed by atoms with Gasteiger partial charge in [0.2, 0.25) is 0 Å². The quantitative estimate of drug-likeness (QED) is 0.872. The van der Waals surface area contributed by atoms with Crippen molar-refractivity contribution in [2.75, 3.05) is 0 Å². The molecular formula is C14H18BrFO2. The molecule has 4 heteroatoms. The summed E-state index contributed by atoms with van der Waals surface area (Å²) in [5.74, 6) is -0.782. The summed E-state index contributed by atoms with van der Waals surface area (Å²) in [6.07, 6.45) is 0.429. The lowest BCUT2D eigenvalue weighted by atomic mass is 9.91. The Morgan fingerprint density at radius 2 is 2.00 bits per heavy atom. The van der Waals surface area contributed by atoms with Crippen molar-refractivity contribution >= 4 is 21.7 Å². The molecular weight excluding hydrogens is 299 g/mol. The number of benzene rings is 1. The number of Topliss-reactive ketones (excluding diaryl/α,β-unsaturated/α-hetero) is 1. The van der Waals surface area contributed by atoms with Crippen molar-refractivity contribution in [1.82, 2.24) is 0 Å². The maximum absolute atomic E-state index is 13.6. The number of aliphatic hydroxyl groups is 1. The third kappa shape index (κ3) is 3.89. The highest BCUT2D eigenvalue weighted by Gasteiger charge is 2.23. The molecule has 1 rings (SSSR count). The standard InChI is InChI=1S/C14H18BrFO2/c1-3-9(4-2)14(18)13(17)7-10-5-6-11(15)8-12(10)16/h5-6,8-9,14,18H,3-4,7H2,1-2H3. The molecule has 0 spiro atoms. The minimum Gasteiger partial charge on any atom is -0.385 e. The van der Waals surface area contributed by atoms with Gasteiger partial charge in [-0.15, -0.1) is 0 Å². The summed E-state index contributed by atoms with van der Waals surface area (Å²) in [7, 11) is 0. The third-order valence-electron chi connectivity index (χ3n) is 3.20. The second-order valence-electron chi connectivity index (χ2n) is 4.40. The van der Waals surface area contributed by atoms with Gasteiger partial charge in [-0.05, 0) is 23.6 Å². The van der Waals surface area contributed by atoms with Crippen LogP contribution < -0.4 is 0 Å². The van der Waals surface area contributed by atoms with Gasteiger partial charge < -0.3 is 5.11 Å². The van der Waals surface area contributed by atoms with Crippen LogP contribution in [0.25, 0.3) is 0 Å². The van der Waals surface area contributed by atoms with E-state index in [-0.39, 0.29) is 18.1 Å². The van der Waals surface area contributed by atoms with E-state index in [1.54, 1.807) is 12.1 Å². The summed E-state index contributed by atoms with van der Waals surface area (Å²) < 4.78 is 14.2. The Hall–Kier alpha value is -0.740. The van der Waals surface area contributed by atoms with Crippen molar-refractivity contribution in [2.45, 2.75) is 39.2 Å². The average Bonchev–Trinajstić information content (AvgIpc) is 2.34. The van der Waals surface area contributed by atoms with Gasteiger partial charge in [-0.3, -0.25) is 4.79 Å². The molecule has 0 aromatic heterocycles. The zero-order valence-electron chi connectivity index (χ0n) is 10.6. The minimum atomic E-state index is -0.997. The molecule has 0 amide bonds. The Kier molecular flexibility index (Phi) is 5.96. The van der Waals surface area contributed by atoms with Gasteiger partial charge in [0.05, 0.1) is 0 Å². The molecule has 1 aromatic carbocycles. The monoisotopic (exact) mass is 316 g/mol. The van der Waals surface area contributed by atoms with Crippen molar-refractivity contribution in [3.63, 3.8) is 0 Å². The highest BCUT2D eigenvalue weighted by atomic mass is 79.9. The number of hydrogen-bond acceptors (Lipinski definition) is 2. The first-order valence-corrected chi connectivity index (χ1v) is 6.93. The predicted octanol–water partition coefficient (Wildman–Crippen LogP) is 3.50. The summed E-state index contributed by atoms with van der Waals surface area (Å²) >= 11 is 3.16. The van der Waals surface area contributed by atoms with Gasteiger partial charge in [0.15, 0.2) is 5.78 Å². The van der Waals surface area contributed by atoms with Crippen LogP contribution in [0.15, 0.2) is 22.7 Å². The summed E-state index contributed by atoms with van der Waals surface area (Å²) in [5, 5.41) is 9.90. The van der Waals surface area contributed by atoms with Crippen molar-refractivity contribution in [1.29, 1.82) is 0 Å². The van der Waals surface area contributed by atoms with Gasteiger partial charge in [0.1, 0.15) is 11.9 Å². The van der Waals surface area contributed by atoms with Gasteiger partial charge >= 0.3 is 0 Å². The first-order valence-electron chi connectivity index (χ1n) is 6.14. The van der Waals surface area contributed by atoms with Crippen LogP contribution in [0.2, 0.25) is 0 Å². The largest absolute Gasteiger partial charge is 0.385 e. The molecule has 0 aliphatic heterocycles. The van der Waals surface area contributed by atoms with Gasteiger partial charge in [-0.1, -0.05) is 48.7 Å². The van der Waals surface area contributed by atoms with Crippen LogP contribution in [-0.2, 0) is 11.2 Å². The van der Waals surface area contributed by atoms with E-state index < -0.39 is 11.9 Å². The molecule has 100 valence electrons. The summed E-state index contributed by atoms with van der Waals surface area (Å²) in [6.45, 7) is 3.87. The first-order chi connectivity index (χ1) is 8.49. The molecule has 1 N–H and O–H groups in total. The van der Waals surface area contributed by atoms with E-state index >= 15 is 0 Å². The Morgan fingerprint density at radius 3 is 2.50 bits per heavy atom. The molecule has 0 aliphatic carbocycles. The summed E-state index contributed by atoms with van der Waals surface area (Å²) in [4.78, 5) is 11.9. The van der Waals surface area contributed by atoms with E-state index in [0.717, 1.165) is 12.8 Å². The molecule has 0 saturated heterocycles. The number of rotatable bonds is 6. The van der Waals surface area contributed by atoms with Crippen LogP contribution in [0, 0.1) is 11.7 Å². The molecule has 1 unspecified atom stereocenters. The van der Waals surface area contributed by atoms with E-state index in [4.69, 9.17) is 0 Å². The molecule has 0 heterocycles. The van der Waals surface area contributed by atoms with E-state index in [2.05, 4.69) is 15.9 Å². The van der Waals surface area contributed by atoms with Gasteiger partial charge in [-0.25, -0.2) is 4.39 Å². The molecule has 0 bridgehead atoms. The molecule has 0 fully saturated rings. The maximum Gasteiger partial charge on any atom is 0.166 e. The van der Waals surface area contributed by atoms with Crippen LogP contribution in [0.3, 0.4) is 0 Å². The summed E-state index contributed by atoms with van der Waals surface area (Å²) in [5.41, 5.74) is 0.327.